The highest BCUT2D eigenvalue weighted by atomic mass is 16.5. The number of fused-ring (bicyclic) bond motifs is 1. The Morgan fingerprint density at radius 1 is 1.12 bits per heavy atom. The number of nitrogens with zero attached hydrogens (tertiary/aromatic N) is 2. The first kappa shape index (κ1) is 16.6. The maximum absolute atomic E-state index is 11.3. The first-order chi connectivity index (χ1) is 12.7. The van der Waals surface area contributed by atoms with Gasteiger partial charge in [-0.3, -0.25) is 0 Å². The van der Waals surface area contributed by atoms with E-state index >= 15 is 0 Å². The van der Waals surface area contributed by atoms with Crippen LogP contribution in [0.15, 0.2) is 42.5 Å². The highest BCUT2D eigenvalue weighted by molar-refractivity contribution is 5.94. The molecule has 5 nitrogen and oxygen atoms in total. The predicted molar refractivity (Wildman–Crippen MR) is 100 cm³/mol. The molecule has 5 heteroatoms. The Morgan fingerprint density at radius 2 is 1.85 bits per heavy atom. The smallest absolute Gasteiger partial charge is 0.335 e. The molecule has 1 aliphatic rings. The monoisotopic (exact) mass is 350 g/mol. The van der Waals surface area contributed by atoms with E-state index in [-0.39, 0.29) is 5.56 Å². The molecule has 0 unspecified atom stereocenters. The zero-order valence-corrected chi connectivity index (χ0v) is 14.8. The van der Waals surface area contributed by atoms with Crippen molar-refractivity contribution in [2.24, 2.45) is 0 Å². The van der Waals surface area contributed by atoms with Gasteiger partial charge < -0.3 is 9.84 Å². The number of carbonyl (C=O) groups is 1. The van der Waals surface area contributed by atoms with Crippen molar-refractivity contribution >= 4 is 16.9 Å². The van der Waals surface area contributed by atoms with Crippen molar-refractivity contribution in [1.29, 1.82) is 0 Å². The largest absolute Gasteiger partial charge is 0.497 e. The molecule has 1 saturated carbocycles. The van der Waals surface area contributed by atoms with Crippen molar-refractivity contribution in [1.82, 2.24) is 9.78 Å². The Bertz CT molecular complexity index is 938. The highest BCUT2D eigenvalue weighted by Gasteiger charge is 2.24. The summed E-state index contributed by atoms with van der Waals surface area (Å²) in [6.45, 7) is 0. The summed E-state index contributed by atoms with van der Waals surface area (Å²) in [5.74, 6) is 0.328. The molecular formula is C21H22N2O3. The third-order valence-corrected chi connectivity index (χ3v) is 5.27. The van der Waals surface area contributed by atoms with Gasteiger partial charge in [-0.05, 0) is 49.2 Å². The summed E-state index contributed by atoms with van der Waals surface area (Å²) < 4.78 is 7.25. The second-order valence-electron chi connectivity index (χ2n) is 6.87. The number of carboxylic acid groups (broad SMARTS) is 1. The van der Waals surface area contributed by atoms with E-state index in [1.165, 1.54) is 25.0 Å². The number of methoxy groups -OCH3 is 1. The molecule has 3 aromatic rings. The van der Waals surface area contributed by atoms with E-state index in [0.717, 1.165) is 35.2 Å². The number of benzene rings is 2. The topological polar surface area (TPSA) is 64.4 Å². The van der Waals surface area contributed by atoms with Crippen LogP contribution in [0.3, 0.4) is 0 Å². The third-order valence-electron chi connectivity index (χ3n) is 5.27. The Kier molecular flexibility index (Phi) is 4.37. The van der Waals surface area contributed by atoms with Gasteiger partial charge in [-0.15, -0.1) is 0 Å². The van der Waals surface area contributed by atoms with Crippen molar-refractivity contribution in [3.8, 4) is 11.4 Å². The zero-order chi connectivity index (χ0) is 18.1. The summed E-state index contributed by atoms with van der Waals surface area (Å²) in [7, 11) is 1.65. The van der Waals surface area contributed by atoms with Crippen molar-refractivity contribution in [3.05, 3.63) is 53.7 Å². The fraction of sp³-hybridized carbons (Fsp3) is 0.333. The van der Waals surface area contributed by atoms with E-state index in [4.69, 9.17) is 9.84 Å². The van der Waals surface area contributed by atoms with Crippen LogP contribution in [0.1, 0.15) is 54.1 Å². The minimum absolute atomic E-state index is 0.270. The fourth-order valence-corrected chi connectivity index (χ4v) is 3.93. The highest BCUT2D eigenvalue weighted by Crippen LogP contribution is 2.38. The first-order valence-electron chi connectivity index (χ1n) is 9.08. The molecule has 0 aliphatic heterocycles. The van der Waals surface area contributed by atoms with Crippen LogP contribution in [-0.4, -0.2) is 28.0 Å². The van der Waals surface area contributed by atoms with Gasteiger partial charge in [0.2, 0.25) is 0 Å². The van der Waals surface area contributed by atoms with Gasteiger partial charge in [0.15, 0.2) is 0 Å². The van der Waals surface area contributed by atoms with E-state index in [1.807, 2.05) is 35.0 Å². The summed E-state index contributed by atoms with van der Waals surface area (Å²) in [5.41, 5.74) is 3.18. The Balaban J connectivity index is 1.89. The number of rotatable bonds is 4. The van der Waals surface area contributed by atoms with E-state index in [9.17, 15) is 9.90 Å². The van der Waals surface area contributed by atoms with Gasteiger partial charge >= 0.3 is 5.97 Å². The molecule has 1 N–H and O–H groups in total. The van der Waals surface area contributed by atoms with Crippen LogP contribution in [0.25, 0.3) is 16.6 Å². The molecule has 0 amide bonds. The van der Waals surface area contributed by atoms with Gasteiger partial charge in [-0.25, -0.2) is 9.48 Å². The van der Waals surface area contributed by atoms with E-state index in [2.05, 4.69) is 0 Å². The predicted octanol–water partition coefficient (Wildman–Crippen LogP) is 4.78. The van der Waals surface area contributed by atoms with Crippen molar-refractivity contribution in [2.75, 3.05) is 7.11 Å². The van der Waals surface area contributed by atoms with Gasteiger partial charge in [0.1, 0.15) is 5.75 Å². The lowest BCUT2D eigenvalue weighted by atomic mass is 9.85. The lowest BCUT2D eigenvalue weighted by molar-refractivity contribution is 0.0697. The van der Waals surface area contributed by atoms with Crippen molar-refractivity contribution in [2.45, 2.75) is 38.0 Å². The van der Waals surface area contributed by atoms with E-state index < -0.39 is 5.97 Å². The second kappa shape index (κ2) is 6.83. The molecule has 4 rings (SSSR count). The molecule has 0 spiro atoms. The number of hydrogen-bond acceptors (Lipinski definition) is 3. The summed E-state index contributed by atoms with van der Waals surface area (Å²) in [5, 5.41) is 15.1. The van der Waals surface area contributed by atoms with Gasteiger partial charge in [0.25, 0.3) is 0 Å². The molecule has 1 aromatic heterocycles. The number of ether oxygens (including phenoxy) is 1. The van der Waals surface area contributed by atoms with Crippen molar-refractivity contribution < 1.29 is 14.6 Å². The Hall–Kier alpha value is -2.82. The summed E-state index contributed by atoms with van der Waals surface area (Å²) >= 11 is 0. The van der Waals surface area contributed by atoms with E-state index in [0.29, 0.717) is 5.92 Å². The molecule has 0 atom stereocenters. The Morgan fingerprint density at radius 3 is 2.50 bits per heavy atom. The van der Waals surface area contributed by atoms with Gasteiger partial charge in [0, 0.05) is 11.3 Å². The third kappa shape index (κ3) is 2.94. The molecule has 0 radical (unpaired) electrons. The summed E-state index contributed by atoms with van der Waals surface area (Å²) in [6, 6.07) is 13.1. The van der Waals surface area contributed by atoms with Crippen molar-refractivity contribution in [3.63, 3.8) is 0 Å². The molecule has 1 aliphatic carbocycles. The molecule has 2 aromatic carbocycles. The molecule has 0 saturated heterocycles. The van der Waals surface area contributed by atoms with Crippen LogP contribution >= 0.6 is 0 Å². The normalized spacial score (nSPS) is 15.3. The minimum Gasteiger partial charge on any atom is -0.497 e. The number of aromatic carboxylic acids is 1. The second-order valence-corrected chi connectivity index (χ2v) is 6.87. The number of hydrogen-bond donors (Lipinski definition) is 1. The lowest BCUT2D eigenvalue weighted by Gasteiger charge is -2.23. The van der Waals surface area contributed by atoms with Crippen LogP contribution in [0.4, 0.5) is 0 Å². The quantitative estimate of drug-likeness (QED) is 0.735. The first-order valence-corrected chi connectivity index (χ1v) is 9.08. The zero-order valence-electron chi connectivity index (χ0n) is 14.8. The maximum atomic E-state index is 11.3. The van der Waals surface area contributed by atoms with Crippen LogP contribution in [-0.2, 0) is 0 Å². The molecule has 134 valence electrons. The summed E-state index contributed by atoms with van der Waals surface area (Å²) in [4.78, 5) is 11.3. The lowest BCUT2D eigenvalue weighted by Crippen LogP contribution is -2.11. The average Bonchev–Trinajstić information content (AvgIpc) is 3.07. The van der Waals surface area contributed by atoms with Crippen LogP contribution in [0.5, 0.6) is 5.75 Å². The van der Waals surface area contributed by atoms with Gasteiger partial charge in [-0.2, -0.15) is 5.10 Å². The average molecular weight is 350 g/mol. The van der Waals surface area contributed by atoms with Crippen LogP contribution in [0.2, 0.25) is 0 Å². The SMILES string of the molecule is COc1ccc(-n2nc3cc(C(=O)O)ccc3c2C2CCCCC2)cc1. The molecule has 1 fully saturated rings. The molecule has 1 heterocycles. The number of carboxylic acids is 1. The standard InChI is InChI=1S/C21H22N2O3/c1-26-17-10-8-16(9-11-17)23-20(14-5-3-2-4-6-14)18-12-7-15(21(24)25)13-19(18)22-23/h7-14H,2-6H2,1H3,(H,24,25). The molecular weight excluding hydrogens is 328 g/mol. The van der Waals surface area contributed by atoms with Crippen LogP contribution in [0, 0.1) is 0 Å². The number of aromatic nitrogens is 2. The van der Waals surface area contributed by atoms with E-state index in [1.54, 1.807) is 19.2 Å². The molecule has 26 heavy (non-hydrogen) atoms. The minimum atomic E-state index is -0.926. The van der Waals surface area contributed by atoms with Crippen LogP contribution < -0.4 is 4.74 Å². The Labute approximate surface area is 152 Å². The molecule has 0 bridgehead atoms. The maximum Gasteiger partial charge on any atom is 0.335 e. The van der Waals surface area contributed by atoms with Gasteiger partial charge in [0.05, 0.1) is 29.6 Å². The summed E-state index contributed by atoms with van der Waals surface area (Å²) in [6.07, 6.45) is 6.05. The van der Waals surface area contributed by atoms with Gasteiger partial charge in [-0.1, -0.05) is 25.3 Å². The fourth-order valence-electron chi connectivity index (χ4n) is 3.93.